The lowest BCUT2D eigenvalue weighted by atomic mass is 9.85. The summed E-state index contributed by atoms with van der Waals surface area (Å²) in [6, 6.07) is 12.5. The lowest BCUT2D eigenvalue weighted by molar-refractivity contribution is 0.254. The van der Waals surface area contributed by atoms with Crippen LogP contribution in [0.25, 0.3) is 0 Å². The van der Waals surface area contributed by atoms with E-state index in [1.807, 2.05) is 18.5 Å². The summed E-state index contributed by atoms with van der Waals surface area (Å²) in [7, 11) is 0. The fourth-order valence-corrected chi connectivity index (χ4v) is 3.73. The summed E-state index contributed by atoms with van der Waals surface area (Å²) < 4.78 is 0. The Kier molecular flexibility index (Phi) is 11.2. The van der Waals surface area contributed by atoms with Crippen LogP contribution in [-0.4, -0.2) is 73.2 Å². The number of nitrogens with one attached hydrogen (secondary N) is 2. The van der Waals surface area contributed by atoms with E-state index in [-0.39, 0.29) is 29.4 Å². The number of anilines is 1. The summed E-state index contributed by atoms with van der Waals surface area (Å²) in [6.07, 6.45) is 4.71. The molecule has 0 bridgehead atoms. The summed E-state index contributed by atoms with van der Waals surface area (Å²) in [5, 5.41) is 6.87. The number of guanidine groups is 1. The van der Waals surface area contributed by atoms with E-state index >= 15 is 0 Å². The molecule has 0 amide bonds. The Morgan fingerprint density at radius 2 is 1.69 bits per heavy atom. The van der Waals surface area contributed by atoms with Gasteiger partial charge in [0.2, 0.25) is 5.95 Å². The van der Waals surface area contributed by atoms with Crippen LogP contribution in [-0.2, 0) is 5.41 Å². The van der Waals surface area contributed by atoms with Gasteiger partial charge in [-0.3, -0.25) is 9.89 Å². The molecule has 1 fully saturated rings. The van der Waals surface area contributed by atoms with Gasteiger partial charge in [-0.05, 0) is 31.5 Å². The van der Waals surface area contributed by atoms with Gasteiger partial charge in [-0.1, -0.05) is 44.2 Å². The van der Waals surface area contributed by atoms with Gasteiger partial charge < -0.3 is 15.5 Å². The highest BCUT2D eigenvalue weighted by Crippen LogP contribution is 2.22. The maximum Gasteiger partial charge on any atom is 0.225 e. The highest BCUT2D eigenvalue weighted by Gasteiger charge is 2.20. The van der Waals surface area contributed by atoms with Crippen molar-refractivity contribution in [2.45, 2.75) is 32.6 Å². The Balaban J connectivity index is 0.00000363. The number of halogens is 1. The Labute approximate surface area is 210 Å². The van der Waals surface area contributed by atoms with Gasteiger partial charge >= 0.3 is 0 Å². The second kappa shape index (κ2) is 13.6. The number of hydrogen-bond acceptors (Lipinski definition) is 5. The first-order chi connectivity index (χ1) is 15.1. The molecule has 0 saturated carbocycles. The van der Waals surface area contributed by atoms with Crippen LogP contribution in [0.15, 0.2) is 53.8 Å². The minimum atomic E-state index is 0. The standard InChI is InChI=1S/C24H37N7.HI/c1-4-25-22(29-20-24(2,3)21-10-6-5-7-11-21)26-14-9-15-30-16-18-31(19-17-30)23-27-12-8-13-28-23;/h5-8,10-13H,4,9,14-20H2,1-3H3,(H2,25,26,29);1H. The van der Waals surface area contributed by atoms with Crippen LogP contribution in [0.4, 0.5) is 5.95 Å². The van der Waals surface area contributed by atoms with Crippen molar-refractivity contribution in [2.24, 2.45) is 4.99 Å². The molecule has 1 aromatic carbocycles. The van der Waals surface area contributed by atoms with Gasteiger partial charge in [0.25, 0.3) is 0 Å². The molecule has 0 atom stereocenters. The van der Waals surface area contributed by atoms with Crippen molar-refractivity contribution in [3.63, 3.8) is 0 Å². The normalized spacial score (nSPS) is 15.2. The maximum absolute atomic E-state index is 4.85. The molecule has 3 rings (SSSR count). The van der Waals surface area contributed by atoms with Crippen molar-refractivity contribution in [2.75, 3.05) is 57.3 Å². The van der Waals surface area contributed by atoms with Crippen LogP contribution < -0.4 is 15.5 Å². The van der Waals surface area contributed by atoms with E-state index in [2.05, 4.69) is 81.5 Å². The lowest BCUT2D eigenvalue weighted by Crippen LogP contribution is -2.47. The molecular formula is C24H38IN7. The molecule has 0 spiro atoms. The summed E-state index contributed by atoms with van der Waals surface area (Å²) in [5.41, 5.74) is 1.32. The Hall–Kier alpha value is -1.94. The van der Waals surface area contributed by atoms with Gasteiger partial charge in [0.05, 0.1) is 6.54 Å². The van der Waals surface area contributed by atoms with Crippen LogP contribution in [0, 0.1) is 0 Å². The number of nitrogens with zero attached hydrogens (tertiary/aromatic N) is 5. The average Bonchev–Trinajstić information content (AvgIpc) is 2.82. The molecule has 32 heavy (non-hydrogen) atoms. The minimum Gasteiger partial charge on any atom is -0.357 e. The van der Waals surface area contributed by atoms with Crippen LogP contribution in [0.2, 0.25) is 0 Å². The number of rotatable bonds is 9. The van der Waals surface area contributed by atoms with Crippen LogP contribution in [0.3, 0.4) is 0 Å². The lowest BCUT2D eigenvalue weighted by Gasteiger charge is -2.34. The molecule has 0 radical (unpaired) electrons. The van der Waals surface area contributed by atoms with E-state index in [1.54, 1.807) is 0 Å². The van der Waals surface area contributed by atoms with Crippen LogP contribution >= 0.6 is 24.0 Å². The molecule has 2 aromatic rings. The number of benzene rings is 1. The SMILES string of the molecule is CCNC(=NCC(C)(C)c1ccccc1)NCCCN1CCN(c2ncccn2)CC1.I. The van der Waals surface area contributed by atoms with Crippen molar-refractivity contribution in [1.82, 2.24) is 25.5 Å². The van der Waals surface area contributed by atoms with Gasteiger partial charge in [-0.25, -0.2) is 9.97 Å². The van der Waals surface area contributed by atoms with Crippen molar-refractivity contribution < 1.29 is 0 Å². The van der Waals surface area contributed by atoms with Gasteiger partial charge in [0.15, 0.2) is 5.96 Å². The summed E-state index contributed by atoms with van der Waals surface area (Å²) in [4.78, 5) is 18.3. The molecule has 0 unspecified atom stereocenters. The first-order valence-corrected chi connectivity index (χ1v) is 11.4. The topological polar surface area (TPSA) is 68.7 Å². The monoisotopic (exact) mass is 551 g/mol. The average molecular weight is 552 g/mol. The summed E-state index contributed by atoms with van der Waals surface area (Å²) in [6.45, 7) is 14.3. The van der Waals surface area contributed by atoms with E-state index in [0.29, 0.717) is 0 Å². The quantitative estimate of drug-likeness (QED) is 0.216. The Morgan fingerprint density at radius 3 is 2.34 bits per heavy atom. The highest BCUT2D eigenvalue weighted by atomic mass is 127. The molecular weight excluding hydrogens is 513 g/mol. The Morgan fingerprint density at radius 1 is 1.00 bits per heavy atom. The third-order valence-electron chi connectivity index (χ3n) is 5.68. The van der Waals surface area contributed by atoms with E-state index < -0.39 is 0 Å². The first kappa shape index (κ1) is 26.3. The van der Waals surface area contributed by atoms with E-state index in [9.17, 15) is 0 Å². The molecule has 2 N–H and O–H groups in total. The predicted molar refractivity (Wildman–Crippen MR) is 144 cm³/mol. The van der Waals surface area contributed by atoms with Gasteiger partial charge in [-0.2, -0.15) is 0 Å². The first-order valence-electron chi connectivity index (χ1n) is 11.4. The van der Waals surface area contributed by atoms with E-state index in [1.165, 1.54) is 5.56 Å². The van der Waals surface area contributed by atoms with Crippen molar-refractivity contribution in [3.05, 3.63) is 54.4 Å². The van der Waals surface area contributed by atoms with Gasteiger partial charge in [0, 0.05) is 57.1 Å². The number of aromatic nitrogens is 2. The molecule has 7 nitrogen and oxygen atoms in total. The molecule has 0 aliphatic carbocycles. The zero-order valence-electron chi connectivity index (χ0n) is 19.6. The van der Waals surface area contributed by atoms with Crippen LogP contribution in [0.5, 0.6) is 0 Å². The van der Waals surface area contributed by atoms with Gasteiger partial charge in [-0.15, -0.1) is 24.0 Å². The third kappa shape index (κ3) is 8.20. The van der Waals surface area contributed by atoms with Crippen molar-refractivity contribution >= 4 is 35.9 Å². The van der Waals surface area contributed by atoms with Crippen LogP contribution in [0.1, 0.15) is 32.8 Å². The fraction of sp³-hybridized carbons (Fsp3) is 0.542. The minimum absolute atomic E-state index is 0. The molecule has 1 aliphatic rings. The van der Waals surface area contributed by atoms with Crippen molar-refractivity contribution in [3.8, 4) is 0 Å². The maximum atomic E-state index is 4.85. The third-order valence-corrected chi connectivity index (χ3v) is 5.68. The molecule has 1 aliphatic heterocycles. The van der Waals surface area contributed by atoms with E-state index in [4.69, 9.17) is 4.99 Å². The molecule has 1 aromatic heterocycles. The van der Waals surface area contributed by atoms with Crippen molar-refractivity contribution in [1.29, 1.82) is 0 Å². The second-order valence-corrected chi connectivity index (χ2v) is 8.60. The van der Waals surface area contributed by atoms with Gasteiger partial charge in [0.1, 0.15) is 0 Å². The number of aliphatic imine (C=N–C) groups is 1. The Bertz CT molecular complexity index is 791. The molecule has 2 heterocycles. The van der Waals surface area contributed by atoms with E-state index in [0.717, 1.165) is 70.7 Å². The zero-order chi connectivity index (χ0) is 21.9. The highest BCUT2D eigenvalue weighted by molar-refractivity contribution is 14.0. The largest absolute Gasteiger partial charge is 0.357 e. The molecule has 1 saturated heterocycles. The number of hydrogen-bond donors (Lipinski definition) is 2. The summed E-state index contributed by atoms with van der Waals surface area (Å²) >= 11 is 0. The fourth-order valence-electron chi connectivity index (χ4n) is 3.73. The second-order valence-electron chi connectivity index (χ2n) is 8.60. The predicted octanol–water partition coefficient (Wildman–Crippen LogP) is 3.14. The number of piperazine rings is 1. The summed E-state index contributed by atoms with van der Waals surface area (Å²) in [5.74, 6) is 1.74. The molecule has 8 heteroatoms. The smallest absolute Gasteiger partial charge is 0.225 e. The molecule has 176 valence electrons. The zero-order valence-corrected chi connectivity index (χ0v) is 22.0.